The molecule has 0 fully saturated rings. The lowest BCUT2D eigenvalue weighted by Crippen LogP contribution is -2.29. The lowest BCUT2D eigenvalue weighted by atomic mass is 10.0. The molecule has 28 heavy (non-hydrogen) atoms. The quantitative estimate of drug-likeness (QED) is 0.660. The molecule has 0 bridgehead atoms. The van der Waals surface area contributed by atoms with Crippen molar-refractivity contribution in [3.8, 4) is 17.2 Å². The number of aromatic nitrogens is 1. The molecule has 1 N–H and O–H groups in total. The van der Waals surface area contributed by atoms with E-state index in [4.69, 9.17) is 5.26 Å². The first-order valence-corrected chi connectivity index (χ1v) is 9.76. The van der Waals surface area contributed by atoms with Gasteiger partial charge in [0, 0.05) is 23.2 Å². The number of alkyl halides is 3. The Hall–Kier alpha value is -2.99. The highest BCUT2D eigenvalue weighted by Crippen LogP contribution is 2.35. The molecule has 146 valence electrons. The molecule has 5 nitrogen and oxygen atoms in total. The molecular weight excluding hydrogens is 391 g/mol. The molecule has 0 radical (unpaired) electrons. The van der Waals surface area contributed by atoms with Gasteiger partial charge in [0.15, 0.2) is 0 Å². The van der Waals surface area contributed by atoms with Crippen LogP contribution in [0.4, 0.5) is 18.9 Å². The van der Waals surface area contributed by atoms with Crippen molar-refractivity contribution in [1.82, 2.24) is 4.57 Å². The normalized spacial score (nSPS) is 12.3. The Morgan fingerprint density at radius 1 is 1.11 bits per heavy atom. The number of nitrogens with one attached hydrogen (secondary N) is 1. The van der Waals surface area contributed by atoms with E-state index < -0.39 is 15.5 Å². The van der Waals surface area contributed by atoms with Crippen molar-refractivity contribution in [2.24, 2.45) is 0 Å². The summed E-state index contributed by atoms with van der Waals surface area (Å²) in [4.78, 5) is 0. The number of nitrogens with zero attached hydrogens (tertiary/aromatic N) is 2. The van der Waals surface area contributed by atoms with Crippen LogP contribution in [-0.4, -0.2) is 18.5 Å². The molecule has 2 aromatic carbocycles. The van der Waals surface area contributed by atoms with Crippen molar-refractivity contribution in [2.45, 2.75) is 25.4 Å². The topological polar surface area (TPSA) is 74.9 Å². The van der Waals surface area contributed by atoms with Crippen LogP contribution in [0.3, 0.4) is 0 Å². The zero-order valence-corrected chi connectivity index (χ0v) is 15.8. The summed E-state index contributed by atoms with van der Waals surface area (Å²) >= 11 is 0. The average molecular weight is 407 g/mol. The van der Waals surface area contributed by atoms with Gasteiger partial charge in [-0.1, -0.05) is 18.2 Å². The van der Waals surface area contributed by atoms with Crippen LogP contribution in [0.5, 0.6) is 0 Å². The van der Waals surface area contributed by atoms with Crippen LogP contribution in [-0.2, 0) is 10.0 Å². The molecule has 0 aliphatic heterocycles. The number of fused-ring (bicyclic) bond motifs is 1. The van der Waals surface area contributed by atoms with Gasteiger partial charge in [-0.05, 0) is 43.7 Å². The molecule has 0 spiro atoms. The molecule has 0 amide bonds. The summed E-state index contributed by atoms with van der Waals surface area (Å²) in [6.45, 7) is 3.82. The van der Waals surface area contributed by atoms with E-state index in [0.717, 1.165) is 16.5 Å². The number of sulfonamides is 1. The summed E-state index contributed by atoms with van der Waals surface area (Å²) < 4.78 is 64.2. The third-order valence-corrected chi connectivity index (χ3v) is 5.39. The lowest BCUT2D eigenvalue weighted by molar-refractivity contribution is -0.0429. The number of hydrogen-bond acceptors (Lipinski definition) is 3. The smallest absolute Gasteiger partial charge is 0.344 e. The van der Waals surface area contributed by atoms with Crippen LogP contribution < -0.4 is 4.72 Å². The second-order valence-electron chi connectivity index (χ2n) is 6.52. The molecule has 3 aromatic rings. The van der Waals surface area contributed by atoms with Crippen molar-refractivity contribution < 1.29 is 21.6 Å². The van der Waals surface area contributed by atoms with E-state index in [0.29, 0.717) is 11.1 Å². The van der Waals surface area contributed by atoms with Crippen LogP contribution in [0, 0.1) is 11.3 Å². The summed E-state index contributed by atoms with van der Waals surface area (Å²) in [6, 6.07) is 13.2. The van der Waals surface area contributed by atoms with Crippen LogP contribution in [0.2, 0.25) is 0 Å². The van der Waals surface area contributed by atoms with Crippen LogP contribution in [0.1, 0.15) is 25.5 Å². The van der Waals surface area contributed by atoms with Gasteiger partial charge in [0.05, 0.1) is 22.8 Å². The van der Waals surface area contributed by atoms with Crippen molar-refractivity contribution in [3.63, 3.8) is 0 Å². The fourth-order valence-corrected chi connectivity index (χ4v) is 3.46. The Balaban J connectivity index is 2.13. The first-order chi connectivity index (χ1) is 13.0. The average Bonchev–Trinajstić information content (AvgIpc) is 2.99. The molecule has 9 heteroatoms. The van der Waals surface area contributed by atoms with Crippen LogP contribution in [0.25, 0.3) is 22.0 Å². The van der Waals surface area contributed by atoms with Gasteiger partial charge in [-0.15, -0.1) is 0 Å². The summed E-state index contributed by atoms with van der Waals surface area (Å²) in [7, 11) is -5.50. The van der Waals surface area contributed by atoms with Gasteiger partial charge in [0.2, 0.25) is 0 Å². The maximum absolute atomic E-state index is 12.6. The van der Waals surface area contributed by atoms with Gasteiger partial charge in [-0.25, -0.2) is 0 Å². The molecule has 0 unspecified atom stereocenters. The zero-order chi connectivity index (χ0) is 20.7. The number of rotatable bonds is 4. The molecule has 0 saturated carbocycles. The Morgan fingerprint density at radius 2 is 1.75 bits per heavy atom. The van der Waals surface area contributed by atoms with Crippen LogP contribution >= 0.6 is 0 Å². The number of anilines is 1. The monoisotopic (exact) mass is 407 g/mol. The molecule has 0 saturated heterocycles. The fourth-order valence-electron chi connectivity index (χ4n) is 2.91. The minimum Gasteiger partial charge on any atom is -0.344 e. The molecule has 3 rings (SSSR count). The summed E-state index contributed by atoms with van der Waals surface area (Å²) in [6.07, 6.45) is 1.86. The third kappa shape index (κ3) is 3.55. The van der Waals surface area contributed by atoms with Crippen molar-refractivity contribution in [3.05, 3.63) is 54.2 Å². The third-order valence-electron chi connectivity index (χ3n) is 4.27. The zero-order valence-electron chi connectivity index (χ0n) is 14.9. The van der Waals surface area contributed by atoms with E-state index >= 15 is 0 Å². The minimum absolute atomic E-state index is 0.0101. The van der Waals surface area contributed by atoms with Gasteiger partial charge >= 0.3 is 15.5 Å². The lowest BCUT2D eigenvalue weighted by Gasteiger charge is -2.12. The molecule has 0 aliphatic rings. The maximum atomic E-state index is 12.6. The number of halogens is 3. The van der Waals surface area contributed by atoms with Gasteiger partial charge in [-0.2, -0.15) is 26.9 Å². The van der Waals surface area contributed by atoms with Gasteiger partial charge in [0.1, 0.15) is 0 Å². The largest absolute Gasteiger partial charge is 0.516 e. The van der Waals surface area contributed by atoms with E-state index in [9.17, 15) is 21.6 Å². The Kier molecular flexibility index (Phi) is 4.85. The molecule has 0 aliphatic carbocycles. The van der Waals surface area contributed by atoms with E-state index in [2.05, 4.69) is 0 Å². The number of benzene rings is 2. The second kappa shape index (κ2) is 6.87. The first-order valence-electron chi connectivity index (χ1n) is 8.27. The molecule has 1 heterocycles. The Morgan fingerprint density at radius 3 is 2.29 bits per heavy atom. The van der Waals surface area contributed by atoms with E-state index in [-0.39, 0.29) is 11.7 Å². The van der Waals surface area contributed by atoms with Crippen molar-refractivity contribution in [2.75, 3.05) is 4.72 Å². The SMILES string of the molecule is CC(C)n1cc(-c2ccc(C#N)cc2)c2ccc(NS(=O)(=O)C(F)(F)F)cc21. The van der Waals surface area contributed by atoms with E-state index in [1.807, 2.05) is 30.7 Å². The van der Waals surface area contributed by atoms with Gasteiger partial charge < -0.3 is 4.57 Å². The highest BCUT2D eigenvalue weighted by molar-refractivity contribution is 7.93. The fraction of sp³-hybridized carbons (Fsp3) is 0.211. The highest BCUT2D eigenvalue weighted by atomic mass is 32.2. The predicted molar refractivity (Wildman–Crippen MR) is 101 cm³/mol. The Labute approximate surface area is 160 Å². The van der Waals surface area contributed by atoms with E-state index in [1.54, 1.807) is 35.1 Å². The molecule has 0 atom stereocenters. The van der Waals surface area contributed by atoms with E-state index in [1.165, 1.54) is 12.1 Å². The maximum Gasteiger partial charge on any atom is 0.516 e. The highest BCUT2D eigenvalue weighted by Gasteiger charge is 2.46. The van der Waals surface area contributed by atoms with Gasteiger partial charge in [-0.3, -0.25) is 4.72 Å². The summed E-state index contributed by atoms with van der Waals surface area (Å²) in [5.41, 5.74) is -2.78. The van der Waals surface area contributed by atoms with Gasteiger partial charge in [0.25, 0.3) is 0 Å². The molecule has 1 aromatic heterocycles. The predicted octanol–water partition coefficient (Wildman–Crippen LogP) is 5.02. The Bertz CT molecular complexity index is 1170. The number of hydrogen-bond donors (Lipinski definition) is 1. The molecular formula is C19H16F3N3O2S. The van der Waals surface area contributed by atoms with Crippen molar-refractivity contribution in [1.29, 1.82) is 5.26 Å². The first kappa shape index (κ1) is 19.8. The van der Waals surface area contributed by atoms with Crippen LogP contribution in [0.15, 0.2) is 48.7 Å². The summed E-state index contributed by atoms with van der Waals surface area (Å²) in [5.74, 6) is 0. The summed E-state index contributed by atoms with van der Waals surface area (Å²) in [5, 5.41) is 9.70. The standard InChI is InChI=1S/C19H16F3N3O2S/c1-12(2)25-11-17(14-5-3-13(10-23)4-6-14)16-8-7-15(9-18(16)25)24-28(26,27)19(20,21)22/h3-9,11-12,24H,1-2H3. The van der Waals surface area contributed by atoms with Crippen molar-refractivity contribution >= 4 is 26.6 Å². The minimum atomic E-state index is -5.50. The second-order valence-corrected chi connectivity index (χ2v) is 8.19. The number of nitriles is 1.